The molecule has 5 nitrogen and oxygen atoms in total. The highest BCUT2D eigenvalue weighted by Gasteiger charge is 2.16. The molecule has 1 rings (SSSR count). The second-order valence-corrected chi connectivity index (χ2v) is 5.25. The Balaban J connectivity index is 2.71. The second-order valence-electron chi connectivity index (χ2n) is 3.71. The largest absolute Gasteiger partial charge is 0.329 e. The maximum atomic E-state index is 11.7. The smallest absolute Gasteiger partial charge is 0.277 e. The first-order valence-electron chi connectivity index (χ1n) is 5.61. The number of rotatable bonds is 7. The second kappa shape index (κ2) is 6.70. The van der Waals surface area contributed by atoms with Crippen LogP contribution in [0.2, 0.25) is 0 Å². The van der Waals surface area contributed by atoms with Gasteiger partial charge in [0, 0.05) is 13.1 Å². The van der Waals surface area contributed by atoms with E-state index in [0.717, 1.165) is 12.0 Å². The summed E-state index contributed by atoms with van der Waals surface area (Å²) in [6.07, 6.45) is 0.750. The molecular weight excluding hydrogens is 238 g/mol. The zero-order chi connectivity index (χ0) is 12.7. The summed E-state index contributed by atoms with van der Waals surface area (Å²) >= 11 is 0. The number of hydrogen-bond donors (Lipinski definition) is 3. The molecule has 4 N–H and O–H groups in total. The summed E-state index contributed by atoms with van der Waals surface area (Å²) in [5.41, 5.74) is 6.44. The van der Waals surface area contributed by atoms with Crippen molar-refractivity contribution in [3.63, 3.8) is 0 Å². The van der Waals surface area contributed by atoms with Crippen LogP contribution in [0.4, 0.5) is 0 Å². The Kier molecular flexibility index (Phi) is 5.57. The van der Waals surface area contributed by atoms with Crippen molar-refractivity contribution in [1.29, 1.82) is 0 Å². The Morgan fingerprint density at radius 2 is 1.94 bits per heavy atom. The Morgan fingerprint density at radius 3 is 2.47 bits per heavy atom. The molecule has 0 aliphatic rings. The zero-order valence-electron chi connectivity index (χ0n) is 9.89. The van der Waals surface area contributed by atoms with Crippen LogP contribution in [0.1, 0.15) is 24.9 Å². The van der Waals surface area contributed by atoms with Gasteiger partial charge in [-0.2, -0.15) is 13.1 Å². The van der Waals surface area contributed by atoms with Crippen LogP contribution in [0.25, 0.3) is 0 Å². The third-order valence-corrected chi connectivity index (χ3v) is 3.46. The predicted octanol–water partition coefficient (Wildman–Crippen LogP) is 0.520. The standard InChI is InChI=1S/C11H19N3O2S/c1-2-8-13-17(15,16)14-11(9-12)10-6-4-3-5-7-10/h3-7,11,13-14H,2,8-9,12H2,1H3. The van der Waals surface area contributed by atoms with Crippen molar-refractivity contribution in [2.75, 3.05) is 13.1 Å². The third-order valence-electron chi connectivity index (χ3n) is 2.28. The minimum absolute atomic E-state index is 0.219. The van der Waals surface area contributed by atoms with E-state index < -0.39 is 16.3 Å². The summed E-state index contributed by atoms with van der Waals surface area (Å²) in [6.45, 7) is 2.54. The topological polar surface area (TPSA) is 84.2 Å². The van der Waals surface area contributed by atoms with Crippen molar-refractivity contribution in [2.24, 2.45) is 5.73 Å². The van der Waals surface area contributed by atoms with Crippen LogP contribution in [-0.4, -0.2) is 21.5 Å². The Hall–Kier alpha value is -0.950. The van der Waals surface area contributed by atoms with Crippen LogP contribution >= 0.6 is 0 Å². The quantitative estimate of drug-likeness (QED) is 0.666. The molecule has 0 saturated heterocycles. The van der Waals surface area contributed by atoms with Crippen molar-refractivity contribution in [3.05, 3.63) is 35.9 Å². The lowest BCUT2D eigenvalue weighted by Crippen LogP contribution is -2.41. The first-order chi connectivity index (χ1) is 8.09. The average molecular weight is 257 g/mol. The lowest BCUT2D eigenvalue weighted by molar-refractivity contribution is 0.544. The molecule has 1 aromatic rings. The van der Waals surface area contributed by atoms with Crippen molar-refractivity contribution >= 4 is 10.2 Å². The number of nitrogens with two attached hydrogens (primary N) is 1. The van der Waals surface area contributed by atoms with Gasteiger partial charge in [0.1, 0.15) is 0 Å². The summed E-state index contributed by atoms with van der Waals surface area (Å²) in [5, 5.41) is 0. The molecule has 0 fully saturated rings. The van der Waals surface area contributed by atoms with E-state index in [0.29, 0.717) is 6.54 Å². The molecule has 0 aliphatic heterocycles. The minimum atomic E-state index is -3.48. The Bertz CT molecular complexity index is 420. The molecule has 96 valence electrons. The Labute approximate surface area is 103 Å². The molecule has 0 heterocycles. The van der Waals surface area contributed by atoms with Crippen molar-refractivity contribution in [1.82, 2.24) is 9.44 Å². The van der Waals surface area contributed by atoms with Crippen molar-refractivity contribution in [3.8, 4) is 0 Å². The van der Waals surface area contributed by atoms with Gasteiger partial charge >= 0.3 is 0 Å². The van der Waals surface area contributed by atoms with Gasteiger partial charge in [-0.1, -0.05) is 37.3 Å². The van der Waals surface area contributed by atoms with Gasteiger partial charge < -0.3 is 5.73 Å². The molecule has 0 radical (unpaired) electrons. The van der Waals surface area contributed by atoms with Gasteiger partial charge in [0.15, 0.2) is 0 Å². The molecule has 0 bridgehead atoms. The van der Waals surface area contributed by atoms with Crippen LogP contribution in [0.15, 0.2) is 30.3 Å². The summed E-state index contributed by atoms with van der Waals surface area (Å²) in [7, 11) is -3.48. The highest BCUT2D eigenvalue weighted by molar-refractivity contribution is 7.87. The van der Waals surface area contributed by atoms with E-state index in [4.69, 9.17) is 5.73 Å². The predicted molar refractivity (Wildman–Crippen MR) is 68.6 cm³/mol. The van der Waals surface area contributed by atoms with Crippen LogP contribution < -0.4 is 15.2 Å². The van der Waals surface area contributed by atoms with Crippen LogP contribution in [-0.2, 0) is 10.2 Å². The van der Waals surface area contributed by atoms with E-state index in [2.05, 4.69) is 9.44 Å². The highest BCUT2D eigenvalue weighted by Crippen LogP contribution is 2.11. The van der Waals surface area contributed by atoms with E-state index in [-0.39, 0.29) is 6.54 Å². The van der Waals surface area contributed by atoms with E-state index in [1.54, 1.807) is 0 Å². The molecular formula is C11H19N3O2S. The summed E-state index contributed by atoms with van der Waals surface area (Å²) in [6, 6.07) is 8.88. The lowest BCUT2D eigenvalue weighted by atomic mass is 10.1. The minimum Gasteiger partial charge on any atom is -0.329 e. The molecule has 17 heavy (non-hydrogen) atoms. The fourth-order valence-electron chi connectivity index (χ4n) is 1.40. The van der Waals surface area contributed by atoms with Crippen LogP contribution in [0.5, 0.6) is 0 Å². The molecule has 1 atom stereocenters. The van der Waals surface area contributed by atoms with Gasteiger partial charge in [0.2, 0.25) is 0 Å². The lowest BCUT2D eigenvalue weighted by Gasteiger charge is -2.17. The maximum Gasteiger partial charge on any atom is 0.277 e. The van der Waals surface area contributed by atoms with Crippen LogP contribution in [0.3, 0.4) is 0 Å². The molecule has 0 amide bonds. The first-order valence-corrected chi connectivity index (χ1v) is 7.09. The van der Waals surface area contributed by atoms with Gasteiger partial charge in [0.05, 0.1) is 6.04 Å². The highest BCUT2D eigenvalue weighted by atomic mass is 32.2. The fourth-order valence-corrected chi connectivity index (χ4v) is 2.57. The van der Waals surface area contributed by atoms with Gasteiger partial charge in [-0.15, -0.1) is 0 Å². The van der Waals surface area contributed by atoms with Crippen molar-refractivity contribution < 1.29 is 8.42 Å². The average Bonchev–Trinajstić information content (AvgIpc) is 2.35. The summed E-state index contributed by atoms with van der Waals surface area (Å²) in [5.74, 6) is 0. The number of hydrogen-bond acceptors (Lipinski definition) is 3. The van der Waals surface area contributed by atoms with Gasteiger partial charge in [-0.05, 0) is 12.0 Å². The van der Waals surface area contributed by atoms with E-state index >= 15 is 0 Å². The normalized spacial score (nSPS) is 13.5. The molecule has 0 aliphatic carbocycles. The maximum absolute atomic E-state index is 11.7. The number of nitrogens with one attached hydrogen (secondary N) is 2. The van der Waals surface area contributed by atoms with E-state index in [9.17, 15) is 8.42 Å². The summed E-state index contributed by atoms with van der Waals surface area (Å²) in [4.78, 5) is 0. The molecule has 0 saturated carbocycles. The van der Waals surface area contributed by atoms with Gasteiger partial charge in [0.25, 0.3) is 10.2 Å². The fraction of sp³-hybridized carbons (Fsp3) is 0.455. The third kappa shape index (κ3) is 4.82. The summed E-state index contributed by atoms with van der Waals surface area (Å²) < 4.78 is 28.3. The molecule has 1 aromatic carbocycles. The van der Waals surface area contributed by atoms with E-state index in [1.165, 1.54) is 0 Å². The zero-order valence-corrected chi connectivity index (χ0v) is 10.7. The molecule has 0 spiro atoms. The molecule has 6 heteroatoms. The van der Waals surface area contributed by atoms with E-state index in [1.807, 2.05) is 37.3 Å². The SMILES string of the molecule is CCCNS(=O)(=O)NC(CN)c1ccccc1. The molecule has 1 unspecified atom stereocenters. The first kappa shape index (κ1) is 14.1. The molecule has 0 aromatic heterocycles. The monoisotopic (exact) mass is 257 g/mol. The Morgan fingerprint density at radius 1 is 1.29 bits per heavy atom. The van der Waals surface area contributed by atoms with Crippen LogP contribution in [0, 0.1) is 0 Å². The number of benzene rings is 1. The van der Waals surface area contributed by atoms with Gasteiger partial charge in [-0.25, -0.2) is 4.72 Å². The van der Waals surface area contributed by atoms with Gasteiger partial charge in [-0.3, -0.25) is 0 Å². The van der Waals surface area contributed by atoms with Crippen molar-refractivity contribution in [2.45, 2.75) is 19.4 Å².